The van der Waals surface area contributed by atoms with E-state index in [-0.39, 0.29) is 71.6 Å². The summed E-state index contributed by atoms with van der Waals surface area (Å²) in [4.78, 5) is 51.9. The Kier molecular flexibility index (Phi) is 11.8. The van der Waals surface area contributed by atoms with Gasteiger partial charge >= 0.3 is 23.9 Å². The topological polar surface area (TPSA) is 125 Å². The van der Waals surface area contributed by atoms with Crippen LogP contribution in [0.15, 0.2) is 0 Å². The van der Waals surface area contributed by atoms with E-state index in [1.165, 1.54) is 0 Å². The van der Waals surface area contributed by atoms with Crippen molar-refractivity contribution in [1.82, 2.24) is 0 Å². The molecule has 0 spiro atoms. The SMILES string of the molecule is CC(C)(CCOC(=O)C1(C(=O)OF)CCCC1)OCCC(C)(C)OC(=O)C1(C(=O)O)CCCC1.[Y]. The van der Waals surface area contributed by atoms with Gasteiger partial charge in [0, 0.05) is 50.1 Å². The minimum atomic E-state index is -1.57. The molecule has 1 radical (unpaired) electrons. The van der Waals surface area contributed by atoms with Gasteiger partial charge in [-0.25, -0.2) is 4.79 Å². The largest absolute Gasteiger partial charge is 0.480 e. The summed E-state index contributed by atoms with van der Waals surface area (Å²) < 4.78 is 29.2. The monoisotopic (exact) mass is 577 g/mol. The standard InChI is InChI=1S/C24H37FO9.Y/c1-21(2,13-15-31-18(28)24(20(30)34-25)11-7-8-12-24)32-16-14-22(3,4)33-19(29)23(17(26)27)9-5-6-10-23;/h5-16H2,1-4H3,(H,26,27);. The molecule has 2 aliphatic carbocycles. The van der Waals surface area contributed by atoms with E-state index in [1.54, 1.807) is 27.7 Å². The van der Waals surface area contributed by atoms with Gasteiger partial charge in [-0.1, -0.05) is 25.7 Å². The molecule has 9 nitrogen and oxygen atoms in total. The Labute approximate surface area is 230 Å². The van der Waals surface area contributed by atoms with Crippen molar-refractivity contribution in [1.29, 1.82) is 0 Å². The number of halogens is 1. The molecule has 1 N–H and O–H groups in total. The summed E-state index contributed by atoms with van der Waals surface area (Å²) in [6.07, 6.45) is 4.22. The number of hydrogen-bond donors (Lipinski definition) is 1. The molecule has 197 valence electrons. The number of esters is 2. The van der Waals surface area contributed by atoms with Gasteiger partial charge in [-0.3, -0.25) is 19.3 Å². The first-order chi connectivity index (χ1) is 15.8. The van der Waals surface area contributed by atoms with Crippen molar-refractivity contribution in [3.63, 3.8) is 0 Å². The number of carbonyl (C=O) groups excluding carboxylic acids is 3. The average molecular weight is 577 g/mol. The maximum Gasteiger partial charge on any atom is 0.366 e. The van der Waals surface area contributed by atoms with Crippen LogP contribution in [0.4, 0.5) is 4.53 Å². The first kappa shape index (κ1) is 31.9. The molecule has 0 unspecified atom stereocenters. The van der Waals surface area contributed by atoms with Gasteiger partial charge in [-0.05, 0) is 53.4 Å². The van der Waals surface area contributed by atoms with Gasteiger partial charge in [0.1, 0.15) is 5.60 Å². The van der Waals surface area contributed by atoms with Crippen LogP contribution < -0.4 is 0 Å². The summed E-state index contributed by atoms with van der Waals surface area (Å²) in [5.74, 6) is -3.83. The Hall–Kier alpha value is -1.13. The number of carboxylic acid groups (broad SMARTS) is 1. The van der Waals surface area contributed by atoms with Gasteiger partial charge in [0.25, 0.3) is 0 Å². The molecule has 0 heterocycles. The molecule has 11 heteroatoms. The van der Waals surface area contributed by atoms with Crippen molar-refractivity contribution < 1.29 is 80.7 Å². The van der Waals surface area contributed by atoms with E-state index in [0.717, 1.165) is 0 Å². The predicted octanol–water partition coefficient (Wildman–Crippen LogP) is 4.06. The van der Waals surface area contributed by atoms with Crippen molar-refractivity contribution in [3.8, 4) is 0 Å². The quantitative estimate of drug-likeness (QED) is 0.270. The Balaban J connectivity index is 0.00000612. The molecule has 0 atom stereocenters. The van der Waals surface area contributed by atoms with E-state index in [2.05, 4.69) is 4.94 Å². The molecule has 2 aliphatic rings. The summed E-state index contributed by atoms with van der Waals surface area (Å²) in [5, 5.41) is 9.56. The van der Waals surface area contributed by atoms with Gasteiger partial charge < -0.3 is 19.3 Å². The van der Waals surface area contributed by atoms with Crippen LogP contribution in [0.1, 0.15) is 91.9 Å². The summed E-state index contributed by atoms with van der Waals surface area (Å²) >= 11 is 0. The Morgan fingerprint density at radius 3 is 1.74 bits per heavy atom. The van der Waals surface area contributed by atoms with Crippen LogP contribution in [0.25, 0.3) is 0 Å². The number of aliphatic carboxylic acids is 1. The molecule has 2 saturated carbocycles. The molecule has 0 amide bonds. The maximum atomic E-state index is 12.6. The van der Waals surface area contributed by atoms with Crippen LogP contribution in [0, 0.1) is 10.8 Å². The minimum Gasteiger partial charge on any atom is -0.480 e. The van der Waals surface area contributed by atoms with E-state index in [4.69, 9.17) is 14.2 Å². The van der Waals surface area contributed by atoms with Crippen LogP contribution >= 0.6 is 0 Å². The number of hydrogen-bond acceptors (Lipinski definition) is 8. The van der Waals surface area contributed by atoms with Crippen LogP contribution in [-0.4, -0.2) is 53.4 Å². The second-order valence-corrected chi connectivity index (χ2v) is 10.6. The molecule has 0 saturated heterocycles. The summed E-state index contributed by atoms with van der Waals surface area (Å²) in [6, 6.07) is 0. The fourth-order valence-corrected chi connectivity index (χ4v) is 4.60. The summed E-state index contributed by atoms with van der Waals surface area (Å²) in [6.45, 7) is 7.22. The van der Waals surface area contributed by atoms with E-state index in [9.17, 15) is 28.8 Å². The van der Waals surface area contributed by atoms with Crippen molar-refractivity contribution >= 4 is 23.9 Å². The zero-order valence-corrected chi connectivity index (χ0v) is 24.0. The van der Waals surface area contributed by atoms with Crippen LogP contribution in [0.3, 0.4) is 0 Å². The van der Waals surface area contributed by atoms with Gasteiger partial charge in [0.05, 0.1) is 18.8 Å². The smallest absolute Gasteiger partial charge is 0.366 e. The van der Waals surface area contributed by atoms with E-state index in [0.29, 0.717) is 38.5 Å². The van der Waals surface area contributed by atoms with E-state index < -0.39 is 45.9 Å². The molecule has 2 fully saturated rings. The number of carboxylic acids is 1. The molecule has 0 aromatic carbocycles. The fourth-order valence-electron chi connectivity index (χ4n) is 4.60. The first-order valence-corrected chi connectivity index (χ1v) is 11.9. The van der Waals surface area contributed by atoms with Gasteiger partial charge in [-0.15, -0.1) is 0 Å². The van der Waals surface area contributed by atoms with Crippen molar-refractivity contribution in [2.45, 2.75) is 103 Å². The maximum absolute atomic E-state index is 12.6. The predicted molar refractivity (Wildman–Crippen MR) is 117 cm³/mol. The van der Waals surface area contributed by atoms with Gasteiger partial charge in [0.2, 0.25) is 0 Å². The molecule has 0 aliphatic heterocycles. The summed E-state index contributed by atoms with van der Waals surface area (Å²) in [7, 11) is 0. The Morgan fingerprint density at radius 2 is 1.26 bits per heavy atom. The third-order valence-corrected chi connectivity index (χ3v) is 7.07. The van der Waals surface area contributed by atoms with Crippen LogP contribution in [-0.2, 0) is 71.0 Å². The van der Waals surface area contributed by atoms with E-state index >= 15 is 0 Å². The molecule has 2 rings (SSSR count). The molecular formula is C24H37FO9Y. The van der Waals surface area contributed by atoms with E-state index in [1.807, 2.05) is 0 Å². The third-order valence-electron chi connectivity index (χ3n) is 7.07. The molecule has 35 heavy (non-hydrogen) atoms. The summed E-state index contributed by atoms with van der Waals surface area (Å²) in [5.41, 5.74) is -4.66. The second kappa shape index (κ2) is 12.9. The van der Waals surface area contributed by atoms with Gasteiger partial charge in [-0.2, -0.15) is 0 Å². The van der Waals surface area contributed by atoms with Crippen molar-refractivity contribution in [2.24, 2.45) is 10.8 Å². The Bertz CT molecular complexity index is 769. The molecule has 0 aromatic heterocycles. The zero-order valence-electron chi connectivity index (χ0n) is 21.2. The molecule has 0 aromatic rings. The number of ether oxygens (including phenoxy) is 3. The second-order valence-electron chi connectivity index (χ2n) is 10.6. The average Bonchev–Trinajstić information content (AvgIpc) is 3.43. The Morgan fingerprint density at radius 1 is 0.771 bits per heavy atom. The minimum absolute atomic E-state index is 0. The fraction of sp³-hybridized carbons (Fsp3) is 0.833. The molecule has 0 bridgehead atoms. The van der Waals surface area contributed by atoms with Gasteiger partial charge in [0.15, 0.2) is 10.8 Å². The first-order valence-electron chi connectivity index (χ1n) is 11.9. The van der Waals surface area contributed by atoms with Crippen molar-refractivity contribution in [2.75, 3.05) is 13.2 Å². The van der Waals surface area contributed by atoms with Crippen molar-refractivity contribution in [3.05, 3.63) is 0 Å². The molecular weight excluding hydrogens is 540 g/mol. The number of rotatable bonds is 12. The normalized spacial score (nSPS) is 18.9. The van der Waals surface area contributed by atoms with Crippen LogP contribution in [0.2, 0.25) is 0 Å². The van der Waals surface area contributed by atoms with Crippen LogP contribution in [0.5, 0.6) is 0 Å². The number of carbonyl (C=O) groups is 4. The zero-order chi connectivity index (χ0) is 25.6. The third kappa shape index (κ3) is 7.93.